The predicted molar refractivity (Wildman–Crippen MR) is 68.2 cm³/mol. The summed E-state index contributed by atoms with van der Waals surface area (Å²) in [5.41, 5.74) is 0.712. The summed E-state index contributed by atoms with van der Waals surface area (Å²) in [4.78, 5) is 25.6. The minimum atomic E-state index is -0.617. The van der Waals surface area contributed by atoms with Crippen molar-refractivity contribution in [1.29, 1.82) is 0 Å². The Hall–Kier alpha value is -2.07. The quantitative estimate of drug-likeness (QED) is 0.847. The molecule has 0 saturated carbocycles. The van der Waals surface area contributed by atoms with Crippen LogP contribution in [0.3, 0.4) is 0 Å². The summed E-state index contributed by atoms with van der Waals surface area (Å²) in [6.07, 6.45) is 1.46. The van der Waals surface area contributed by atoms with Crippen LogP contribution in [-0.2, 0) is 0 Å². The number of carbonyl (C=O) groups excluding carboxylic acids is 1. The van der Waals surface area contributed by atoms with Crippen molar-refractivity contribution in [3.05, 3.63) is 63.0 Å². The van der Waals surface area contributed by atoms with E-state index in [1.54, 1.807) is 18.2 Å². The lowest BCUT2D eigenvalue weighted by atomic mass is 10.1. The maximum atomic E-state index is 11.8. The number of aromatic nitrogens is 1. The Morgan fingerprint density at radius 3 is 2.78 bits per heavy atom. The van der Waals surface area contributed by atoms with E-state index in [0.717, 1.165) is 5.56 Å². The van der Waals surface area contributed by atoms with Crippen LogP contribution < -0.4 is 10.3 Å². The van der Waals surface area contributed by atoms with Gasteiger partial charge in [-0.05, 0) is 36.8 Å². The molecule has 0 radical (unpaired) electrons. The summed E-state index contributed by atoms with van der Waals surface area (Å²) in [5.74, 6) is -0.659. The molecule has 0 aliphatic rings. The summed E-state index contributed by atoms with van der Waals surface area (Å²) in [7, 11) is 0. The molecule has 4 nitrogen and oxygen atoms in total. The summed E-state index contributed by atoms with van der Waals surface area (Å²) >= 11 is 5.92. The van der Waals surface area contributed by atoms with Crippen LogP contribution in [0.2, 0.25) is 5.02 Å². The number of nitrogens with one attached hydrogen (secondary N) is 1. The van der Waals surface area contributed by atoms with Crippen molar-refractivity contribution in [2.75, 3.05) is 0 Å². The van der Waals surface area contributed by atoms with Crippen LogP contribution >= 0.6 is 11.6 Å². The number of hydrogen-bond acceptors (Lipinski definition) is 3. The van der Waals surface area contributed by atoms with Gasteiger partial charge >= 0.3 is 5.97 Å². The molecule has 0 spiro atoms. The number of ether oxygens (including phenoxy) is 1. The molecular weight excluding hydrogens is 254 g/mol. The molecule has 2 rings (SSSR count). The van der Waals surface area contributed by atoms with E-state index in [0.29, 0.717) is 10.6 Å². The lowest BCUT2D eigenvalue weighted by molar-refractivity contribution is 0.0732. The van der Waals surface area contributed by atoms with Crippen LogP contribution in [0.25, 0.3) is 0 Å². The van der Waals surface area contributed by atoms with Gasteiger partial charge in [0.25, 0.3) is 5.56 Å². The first kappa shape index (κ1) is 12.4. The van der Waals surface area contributed by atoms with Crippen LogP contribution in [0, 0.1) is 6.92 Å². The lowest BCUT2D eigenvalue weighted by Gasteiger charge is -2.04. The summed E-state index contributed by atoms with van der Waals surface area (Å²) in [6.45, 7) is 1.83. The Kier molecular flexibility index (Phi) is 3.48. The molecule has 1 aromatic heterocycles. The third-order valence-corrected chi connectivity index (χ3v) is 2.80. The number of halogens is 1. The number of H-pyrrole nitrogens is 1. The molecule has 0 amide bonds. The summed E-state index contributed by atoms with van der Waals surface area (Å²) < 4.78 is 4.98. The summed E-state index contributed by atoms with van der Waals surface area (Å²) in [6, 6.07) is 7.82. The van der Waals surface area contributed by atoms with Gasteiger partial charge in [0.05, 0.1) is 5.56 Å². The Bertz CT molecular complexity index is 649. The first-order chi connectivity index (χ1) is 8.58. The van der Waals surface area contributed by atoms with E-state index in [2.05, 4.69) is 4.98 Å². The van der Waals surface area contributed by atoms with Crippen molar-refractivity contribution < 1.29 is 9.53 Å². The number of esters is 1. The maximum Gasteiger partial charge on any atom is 0.343 e. The second-order valence-corrected chi connectivity index (χ2v) is 4.12. The van der Waals surface area contributed by atoms with Crippen LogP contribution in [0.15, 0.2) is 41.3 Å². The Morgan fingerprint density at radius 2 is 2.11 bits per heavy atom. The minimum absolute atomic E-state index is 0.0424. The molecule has 2 aromatic rings. The highest BCUT2D eigenvalue weighted by molar-refractivity contribution is 6.31. The average Bonchev–Trinajstić information content (AvgIpc) is 2.35. The van der Waals surface area contributed by atoms with E-state index in [1.807, 2.05) is 6.92 Å². The Labute approximate surface area is 108 Å². The van der Waals surface area contributed by atoms with Gasteiger partial charge in [0, 0.05) is 11.2 Å². The van der Waals surface area contributed by atoms with Crippen molar-refractivity contribution in [1.82, 2.24) is 4.98 Å². The zero-order valence-electron chi connectivity index (χ0n) is 9.57. The van der Waals surface area contributed by atoms with Gasteiger partial charge in [-0.15, -0.1) is 0 Å². The molecule has 0 saturated heterocycles. The van der Waals surface area contributed by atoms with E-state index in [1.165, 1.54) is 18.3 Å². The van der Waals surface area contributed by atoms with Crippen LogP contribution in [-0.4, -0.2) is 11.0 Å². The number of pyridine rings is 1. The molecule has 1 N–H and O–H groups in total. The van der Waals surface area contributed by atoms with Crippen molar-refractivity contribution in [2.24, 2.45) is 0 Å². The third kappa shape index (κ3) is 2.60. The Morgan fingerprint density at radius 1 is 1.33 bits per heavy atom. The van der Waals surface area contributed by atoms with Crippen molar-refractivity contribution >= 4 is 17.6 Å². The van der Waals surface area contributed by atoms with E-state index < -0.39 is 11.5 Å². The second kappa shape index (κ2) is 5.06. The number of rotatable bonds is 2. The number of aromatic amines is 1. The third-order valence-electron chi connectivity index (χ3n) is 2.39. The van der Waals surface area contributed by atoms with Gasteiger partial charge in [0.2, 0.25) is 0 Å². The number of benzene rings is 1. The van der Waals surface area contributed by atoms with Crippen LogP contribution in [0.5, 0.6) is 5.75 Å². The Balaban J connectivity index is 2.25. The van der Waals surface area contributed by atoms with E-state index >= 15 is 0 Å². The molecule has 18 heavy (non-hydrogen) atoms. The fraction of sp³-hybridized carbons (Fsp3) is 0.0769. The molecule has 0 aliphatic carbocycles. The average molecular weight is 264 g/mol. The van der Waals surface area contributed by atoms with Gasteiger partial charge in [-0.25, -0.2) is 4.79 Å². The molecule has 1 heterocycles. The number of aryl methyl sites for hydroxylation is 1. The predicted octanol–water partition coefficient (Wildman–Crippen LogP) is 2.56. The van der Waals surface area contributed by atoms with E-state index in [-0.39, 0.29) is 5.75 Å². The molecule has 1 aromatic carbocycles. The minimum Gasteiger partial charge on any atom is -0.417 e. The van der Waals surface area contributed by atoms with Crippen molar-refractivity contribution in [3.63, 3.8) is 0 Å². The molecule has 0 bridgehead atoms. The second-order valence-electron chi connectivity index (χ2n) is 3.72. The number of carbonyl (C=O) groups is 1. The first-order valence-corrected chi connectivity index (χ1v) is 5.62. The van der Waals surface area contributed by atoms with Gasteiger partial charge in [-0.2, -0.15) is 0 Å². The fourth-order valence-electron chi connectivity index (χ4n) is 1.37. The standard InChI is InChI=1S/C13H10ClNO3/c1-8-4-5-9(7-10(8)14)13(17)18-11-3-2-6-15-12(11)16/h2-7H,1H3,(H,15,16). The molecule has 0 aliphatic heterocycles. The molecule has 0 unspecified atom stereocenters. The van der Waals surface area contributed by atoms with Crippen LogP contribution in [0.1, 0.15) is 15.9 Å². The highest BCUT2D eigenvalue weighted by Gasteiger charge is 2.11. The summed E-state index contributed by atoms with van der Waals surface area (Å²) in [5, 5.41) is 0.478. The zero-order chi connectivity index (χ0) is 13.1. The van der Waals surface area contributed by atoms with E-state index in [4.69, 9.17) is 16.3 Å². The maximum absolute atomic E-state index is 11.8. The zero-order valence-corrected chi connectivity index (χ0v) is 10.3. The monoisotopic (exact) mass is 263 g/mol. The molecule has 92 valence electrons. The van der Waals surface area contributed by atoms with Gasteiger partial charge in [-0.3, -0.25) is 4.79 Å². The highest BCUT2D eigenvalue weighted by atomic mass is 35.5. The van der Waals surface area contributed by atoms with Crippen LogP contribution in [0.4, 0.5) is 0 Å². The molecule has 0 fully saturated rings. The van der Waals surface area contributed by atoms with Gasteiger partial charge < -0.3 is 9.72 Å². The fourth-order valence-corrected chi connectivity index (χ4v) is 1.55. The van der Waals surface area contributed by atoms with Crippen molar-refractivity contribution in [3.8, 4) is 5.75 Å². The normalized spacial score (nSPS) is 10.1. The molecule has 5 heteroatoms. The topological polar surface area (TPSA) is 59.2 Å². The SMILES string of the molecule is Cc1ccc(C(=O)Oc2ccc[nH]c2=O)cc1Cl. The number of hydrogen-bond donors (Lipinski definition) is 1. The lowest BCUT2D eigenvalue weighted by Crippen LogP contribution is -2.16. The van der Waals surface area contributed by atoms with Gasteiger partial charge in [0.1, 0.15) is 0 Å². The van der Waals surface area contributed by atoms with Crippen molar-refractivity contribution in [2.45, 2.75) is 6.92 Å². The molecule has 0 atom stereocenters. The first-order valence-electron chi connectivity index (χ1n) is 5.24. The van der Waals surface area contributed by atoms with Gasteiger partial charge in [0.15, 0.2) is 5.75 Å². The largest absolute Gasteiger partial charge is 0.417 e. The van der Waals surface area contributed by atoms with Gasteiger partial charge in [-0.1, -0.05) is 17.7 Å². The van der Waals surface area contributed by atoms with E-state index in [9.17, 15) is 9.59 Å². The smallest absolute Gasteiger partial charge is 0.343 e. The highest BCUT2D eigenvalue weighted by Crippen LogP contribution is 2.17. The molecular formula is C13H10ClNO3.